The molecule has 6 heteroatoms. The molecular weight excluding hydrogens is 310 g/mol. The van der Waals surface area contributed by atoms with Gasteiger partial charge >= 0.3 is 0 Å². The molecule has 3 rings (SSSR count). The summed E-state index contributed by atoms with van der Waals surface area (Å²) in [7, 11) is -3.59. The van der Waals surface area contributed by atoms with Gasteiger partial charge < -0.3 is 5.32 Å². The van der Waals surface area contributed by atoms with Crippen LogP contribution in [-0.2, 0) is 10.0 Å². The van der Waals surface area contributed by atoms with Crippen LogP contribution in [0.1, 0.15) is 25.3 Å². The number of rotatable bonds is 4. The third-order valence-electron chi connectivity index (χ3n) is 4.48. The normalized spacial score (nSPS) is 20.5. The maximum Gasteiger partial charge on any atom is 0.242 e. The van der Waals surface area contributed by atoms with Gasteiger partial charge in [-0.05, 0) is 63.4 Å². The van der Waals surface area contributed by atoms with Crippen molar-refractivity contribution in [2.24, 2.45) is 5.92 Å². The Morgan fingerprint density at radius 1 is 1.39 bits per heavy atom. The molecule has 0 radical (unpaired) electrons. The zero-order valence-electron chi connectivity index (χ0n) is 13.5. The summed E-state index contributed by atoms with van der Waals surface area (Å²) < 4.78 is 28.5. The Morgan fingerprint density at radius 3 is 2.96 bits per heavy atom. The van der Waals surface area contributed by atoms with Crippen molar-refractivity contribution in [1.29, 1.82) is 0 Å². The maximum absolute atomic E-state index is 12.8. The van der Waals surface area contributed by atoms with E-state index in [1.54, 1.807) is 18.3 Å². The highest BCUT2D eigenvalue weighted by atomic mass is 32.2. The Bertz CT molecular complexity index is 799. The van der Waals surface area contributed by atoms with Crippen molar-refractivity contribution in [3.8, 4) is 0 Å². The predicted molar refractivity (Wildman–Crippen MR) is 91.9 cm³/mol. The van der Waals surface area contributed by atoms with Crippen molar-refractivity contribution in [2.45, 2.75) is 37.6 Å². The van der Waals surface area contributed by atoms with Crippen LogP contribution >= 0.6 is 0 Å². The molecule has 1 aliphatic heterocycles. The molecule has 5 nitrogen and oxygen atoms in total. The number of para-hydroxylation sites is 1. The van der Waals surface area contributed by atoms with E-state index in [0.717, 1.165) is 36.9 Å². The van der Waals surface area contributed by atoms with Gasteiger partial charge in [0.05, 0.1) is 5.52 Å². The minimum atomic E-state index is -3.59. The molecule has 124 valence electrons. The summed E-state index contributed by atoms with van der Waals surface area (Å²) in [5.74, 6) is 0.323. The van der Waals surface area contributed by atoms with Crippen LogP contribution < -0.4 is 10.0 Å². The molecule has 2 unspecified atom stereocenters. The number of aromatic nitrogens is 1. The summed E-state index contributed by atoms with van der Waals surface area (Å²) in [6, 6.07) is 7.14. The predicted octanol–water partition coefficient (Wildman–Crippen LogP) is 2.21. The summed E-state index contributed by atoms with van der Waals surface area (Å²) >= 11 is 0. The molecule has 2 atom stereocenters. The molecule has 1 aromatic heterocycles. The molecule has 0 spiro atoms. The van der Waals surface area contributed by atoms with E-state index in [1.165, 1.54) is 0 Å². The molecular formula is C17H23N3O2S. The van der Waals surface area contributed by atoms with E-state index in [9.17, 15) is 8.42 Å². The third kappa shape index (κ3) is 3.54. The molecule has 1 fully saturated rings. The number of benzene rings is 1. The van der Waals surface area contributed by atoms with E-state index in [4.69, 9.17) is 0 Å². The van der Waals surface area contributed by atoms with Gasteiger partial charge in [-0.2, -0.15) is 0 Å². The van der Waals surface area contributed by atoms with Gasteiger partial charge in [-0.25, -0.2) is 13.1 Å². The second-order valence-electron chi connectivity index (χ2n) is 6.36. The van der Waals surface area contributed by atoms with Gasteiger partial charge in [-0.3, -0.25) is 4.98 Å². The van der Waals surface area contributed by atoms with Crippen LogP contribution in [-0.4, -0.2) is 32.5 Å². The molecule has 0 saturated carbocycles. The van der Waals surface area contributed by atoms with Crippen LogP contribution in [0.15, 0.2) is 35.4 Å². The molecule has 2 N–H and O–H groups in total. The van der Waals surface area contributed by atoms with Crippen LogP contribution in [0.3, 0.4) is 0 Å². The third-order valence-corrected chi connectivity index (χ3v) is 6.07. The highest BCUT2D eigenvalue weighted by Gasteiger charge is 2.26. The van der Waals surface area contributed by atoms with E-state index in [0.29, 0.717) is 11.4 Å². The van der Waals surface area contributed by atoms with E-state index >= 15 is 0 Å². The fraction of sp³-hybridized carbons (Fsp3) is 0.471. The average molecular weight is 333 g/mol. The molecule has 1 aromatic carbocycles. The number of hydrogen-bond acceptors (Lipinski definition) is 4. The lowest BCUT2D eigenvalue weighted by Gasteiger charge is -2.28. The van der Waals surface area contributed by atoms with Crippen LogP contribution in [0.2, 0.25) is 0 Å². The maximum atomic E-state index is 12.8. The summed E-state index contributed by atoms with van der Waals surface area (Å²) in [6.45, 7) is 5.77. The Balaban J connectivity index is 1.90. The first kappa shape index (κ1) is 16.4. The van der Waals surface area contributed by atoms with Crippen LogP contribution in [0, 0.1) is 12.8 Å². The van der Waals surface area contributed by atoms with Crippen molar-refractivity contribution < 1.29 is 8.42 Å². The minimum Gasteiger partial charge on any atom is -0.316 e. The first-order chi connectivity index (χ1) is 11.0. The number of fused-ring (bicyclic) bond motifs is 1. The number of sulfonamides is 1. The highest BCUT2D eigenvalue weighted by molar-refractivity contribution is 7.89. The number of aryl methyl sites for hydroxylation is 1. The Hall–Kier alpha value is -1.50. The number of nitrogens with zero attached hydrogens (tertiary/aromatic N) is 1. The first-order valence-corrected chi connectivity index (χ1v) is 9.54. The lowest BCUT2D eigenvalue weighted by Crippen LogP contribution is -2.44. The van der Waals surface area contributed by atoms with E-state index in [1.807, 2.05) is 26.0 Å². The number of hydrogen-bond donors (Lipinski definition) is 2. The number of piperidine rings is 1. The van der Waals surface area contributed by atoms with E-state index in [2.05, 4.69) is 15.0 Å². The largest absolute Gasteiger partial charge is 0.316 e. The Labute approximate surface area is 137 Å². The fourth-order valence-corrected chi connectivity index (χ4v) is 4.66. The van der Waals surface area contributed by atoms with Gasteiger partial charge in [-0.1, -0.05) is 12.1 Å². The van der Waals surface area contributed by atoms with Crippen molar-refractivity contribution >= 4 is 20.9 Å². The van der Waals surface area contributed by atoms with E-state index < -0.39 is 10.0 Å². The van der Waals surface area contributed by atoms with E-state index in [-0.39, 0.29) is 10.9 Å². The molecule has 23 heavy (non-hydrogen) atoms. The van der Waals surface area contributed by atoms with Crippen molar-refractivity contribution in [1.82, 2.24) is 15.0 Å². The quantitative estimate of drug-likeness (QED) is 0.900. The smallest absolute Gasteiger partial charge is 0.242 e. The second-order valence-corrected chi connectivity index (χ2v) is 8.04. The van der Waals surface area contributed by atoms with Crippen LogP contribution in [0.4, 0.5) is 0 Å². The SMILES string of the molecule is Cc1cnc2c(S(=O)(=O)NC(C)C3CCCNC3)cccc2c1. The van der Waals surface area contributed by atoms with Gasteiger partial charge in [0.1, 0.15) is 4.90 Å². The summed E-state index contributed by atoms with van der Waals surface area (Å²) in [5, 5.41) is 4.18. The molecule has 0 bridgehead atoms. The molecule has 2 aromatic rings. The van der Waals surface area contributed by atoms with Gasteiger partial charge in [-0.15, -0.1) is 0 Å². The van der Waals surface area contributed by atoms with Gasteiger partial charge in [0.2, 0.25) is 10.0 Å². The molecule has 1 saturated heterocycles. The molecule has 0 amide bonds. The number of pyridine rings is 1. The average Bonchev–Trinajstić information content (AvgIpc) is 2.54. The lowest BCUT2D eigenvalue weighted by molar-refractivity contribution is 0.320. The molecule has 1 aliphatic rings. The van der Waals surface area contributed by atoms with Crippen LogP contribution in [0.25, 0.3) is 10.9 Å². The Morgan fingerprint density at radius 2 is 2.22 bits per heavy atom. The summed E-state index contributed by atoms with van der Waals surface area (Å²) in [4.78, 5) is 4.59. The summed E-state index contributed by atoms with van der Waals surface area (Å²) in [6.07, 6.45) is 3.84. The van der Waals surface area contributed by atoms with Crippen molar-refractivity contribution in [3.63, 3.8) is 0 Å². The topological polar surface area (TPSA) is 71.1 Å². The Kier molecular flexibility index (Phi) is 4.66. The van der Waals surface area contributed by atoms with Crippen molar-refractivity contribution in [2.75, 3.05) is 13.1 Å². The molecule has 0 aliphatic carbocycles. The highest BCUT2D eigenvalue weighted by Crippen LogP contribution is 2.23. The van der Waals surface area contributed by atoms with Gasteiger partial charge in [0.25, 0.3) is 0 Å². The van der Waals surface area contributed by atoms with Gasteiger partial charge in [0.15, 0.2) is 0 Å². The van der Waals surface area contributed by atoms with Crippen molar-refractivity contribution in [3.05, 3.63) is 36.0 Å². The zero-order valence-corrected chi connectivity index (χ0v) is 14.4. The first-order valence-electron chi connectivity index (χ1n) is 8.06. The summed E-state index contributed by atoms with van der Waals surface area (Å²) in [5.41, 5.74) is 1.54. The second kappa shape index (κ2) is 6.55. The van der Waals surface area contributed by atoms with Crippen LogP contribution in [0.5, 0.6) is 0 Å². The number of nitrogens with one attached hydrogen (secondary N) is 2. The minimum absolute atomic E-state index is 0.103. The zero-order chi connectivity index (χ0) is 16.4. The standard InChI is InChI=1S/C17H23N3O2S/c1-12-9-14-5-3-7-16(17(14)19-10-12)23(21,22)20-13(2)15-6-4-8-18-11-15/h3,5,7,9-10,13,15,18,20H,4,6,8,11H2,1-2H3. The molecule has 2 heterocycles. The fourth-order valence-electron chi connectivity index (χ4n) is 3.17. The van der Waals surface area contributed by atoms with Gasteiger partial charge in [0, 0.05) is 17.6 Å². The lowest BCUT2D eigenvalue weighted by atomic mass is 9.94. The monoisotopic (exact) mass is 333 g/mol.